The van der Waals surface area contributed by atoms with Crippen LogP contribution in [0.3, 0.4) is 0 Å². The van der Waals surface area contributed by atoms with Gasteiger partial charge in [-0.3, -0.25) is 9.78 Å². The molecule has 1 N–H and O–H groups in total. The maximum Gasteiger partial charge on any atom is 0.274 e. The molecule has 1 heterocycles. The summed E-state index contributed by atoms with van der Waals surface area (Å²) in [5.41, 5.74) is 1.30. The van der Waals surface area contributed by atoms with Gasteiger partial charge < -0.3 is 5.32 Å². The van der Waals surface area contributed by atoms with Crippen LogP contribution in [0.2, 0.25) is 0 Å². The van der Waals surface area contributed by atoms with Gasteiger partial charge in [0.2, 0.25) is 0 Å². The molecule has 0 aliphatic carbocycles. The molecule has 0 spiro atoms. The van der Waals surface area contributed by atoms with Gasteiger partial charge in [-0.2, -0.15) is 5.26 Å². The summed E-state index contributed by atoms with van der Waals surface area (Å²) in [5, 5.41) is 11.5. The molecule has 18 heavy (non-hydrogen) atoms. The second kappa shape index (κ2) is 5.43. The maximum atomic E-state index is 11.9. The highest BCUT2D eigenvalue weighted by molar-refractivity contribution is 9.10. The Balaban J connectivity index is 2.17. The number of benzene rings is 1. The molecule has 4 nitrogen and oxygen atoms in total. The average molecular weight is 302 g/mol. The van der Waals surface area contributed by atoms with Crippen LogP contribution >= 0.6 is 15.9 Å². The van der Waals surface area contributed by atoms with E-state index in [4.69, 9.17) is 5.26 Å². The molecule has 0 fully saturated rings. The molecule has 0 radical (unpaired) electrons. The van der Waals surface area contributed by atoms with Crippen LogP contribution in [-0.4, -0.2) is 10.9 Å². The second-order valence-electron chi connectivity index (χ2n) is 3.50. The number of carbonyl (C=O) groups excluding carboxylic acids is 1. The summed E-state index contributed by atoms with van der Waals surface area (Å²) in [4.78, 5) is 15.8. The zero-order valence-electron chi connectivity index (χ0n) is 9.22. The van der Waals surface area contributed by atoms with Gasteiger partial charge in [-0.1, -0.05) is 15.9 Å². The highest BCUT2D eigenvalue weighted by atomic mass is 79.9. The number of hydrogen-bond acceptors (Lipinski definition) is 3. The number of halogens is 1. The fourth-order valence-electron chi connectivity index (χ4n) is 1.35. The molecule has 1 amide bonds. The smallest absolute Gasteiger partial charge is 0.274 e. The molecular weight excluding hydrogens is 294 g/mol. The first-order chi connectivity index (χ1) is 8.69. The lowest BCUT2D eigenvalue weighted by Crippen LogP contribution is -2.13. The predicted octanol–water partition coefficient (Wildman–Crippen LogP) is 2.97. The lowest BCUT2D eigenvalue weighted by atomic mass is 10.2. The van der Waals surface area contributed by atoms with Crippen molar-refractivity contribution in [1.29, 1.82) is 5.26 Å². The fraction of sp³-hybridized carbons (Fsp3) is 0. The lowest BCUT2D eigenvalue weighted by Gasteiger charge is -2.04. The van der Waals surface area contributed by atoms with E-state index in [0.717, 1.165) is 4.47 Å². The number of carbonyl (C=O) groups is 1. The molecule has 1 aromatic carbocycles. The summed E-state index contributed by atoms with van der Waals surface area (Å²) in [6, 6.07) is 12.2. The first kappa shape index (κ1) is 12.3. The zero-order chi connectivity index (χ0) is 13.0. The molecular formula is C13H8BrN3O. The van der Waals surface area contributed by atoms with Gasteiger partial charge in [0, 0.05) is 16.4 Å². The van der Waals surface area contributed by atoms with Gasteiger partial charge >= 0.3 is 0 Å². The van der Waals surface area contributed by atoms with E-state index < -0.39 is 0 Å². The quantitative estimate of drug-likeness (QED) is 0.927. The summed E-state index contributed by atoms with van der Waals surface area (Å²) < 4.78 is 0.935. The lowest BCUT2D eigenvalue weighted by molar-refractivity contribution is 0.102. The van der Waals surface area contributed by atoms with Crippen molar-refractivity contribution in [3.05, 3.63) is 58.3 Å². The van der Waals surface area contributed by atoms with Crippen molar-refractivity contribution in [3.63, 3.8) is 0 Å². The standard InChI is InChI=1S/C13H8BrN3O/c14-10-1-3-11(4-2-10)17-13(18)12-7-9(8-15)5-6-16-12/h1-7H,(H,17,18). The summed E-state index contributed by atoms with van der Waals surface area (Å²) in [6.45, 7) is 0. The van der Waals surface area contributed by atoms with E-state index in [2.05, 4.69) is 26.2 Å². The molecule has 0 atom stereocenters. The topological polar surface area (TPSA) is 65.8 Å². The van der Waals surface area contributed by atoms with Crippen molar-refractivity contribution in [3.8, 4) is 6.07 Å². The number of nitriles is 1. The van der Waals surface area contributed by atoms with E-state index in [9.17, 15) is 4.79 Å². The highest BCUT2D eigenvalue weighted by Crippen LogP contribution is 2.14. The summed E-state index contributed by atoms with van der Waals surface area (Å²) >= 11 is 3.31. The van der Waals surface area contributed by atoms with E-state index in [1.54, 1.807) is 18.2 Å². The number of rotatable bonds is 2. The molecule has 1 aromatic heterocycles. The van der Waals surface area contributed by atoms with Crippen LogP contribution in [0, 0.1) is 11.3 Å². The Kier molecular flexibility index (Phi) is 3.70. The third kappa shape index (κ3) is 2.93. The zero-order valence-corrected chi connectivity index (χ0v) is 10.8. The molecule has 2 aromatic rings. The normalized spacial score (nSPS) is 9.56. The number of nitrogens with zero attached hydrogens (tertiary/aromatic N) is 2. The van der Waals surface area contributed by atoms with Crippen LogP contribution in [0.15, 0.2) is 47.1 Å². The van der Waals surface area contributed by atoms with E-state index >= 15 is 0 Å². The van der Waals surface area contributed by atoms with Crippen molar-refractivity contribution in [2.24, 2.45) is 0 Å². The Morgan fingerprint density at radius 3 is 2.67 bits per heavy atom. The molecule has 0 unspecified atom stereocenters. The number of pyridine rings is 1. The van der Waals surface area contributed by atoms with Gasteiger partial charge in [-0.25, -0.2) is 0 Å². The van der Waals surface area contributed by atoms with E-state index in [1.807, 2.05) is 18.2 Å². The Bertz CT molecular complexity index is 617. The first-order valence-corrected chi connectivity index (χ1v) is 5.91. The molecule has 0 aliphatic heterocycles. The Morgan fingerprint density at radius 2 is 2.00 bits per heavy atom. The van der Waals surface area contributed by atoms with Crippen molar-refractivity contribution < 1.29 is 4.79 Å². The average Bonchev–Trinajstić information content (AvgIpc) is 2.41. The van der Waals surface area contributed by atoms with Crippen LogP contribution in [0.5, 0.6) is 0 Å². The number of aromatic nitrogens is 1. The summed E-state index contributed by atoms with van der Waals surface area (Å²) in [7, 11) is 0. The fourth-order valence-corrected chi connectivity index (χ4v) is 1.62. The molecule has 88 valence electrons. The van der Waals surface area contributed by atoms with Crippen molar-refractivity contribution in [2.45, 2.75) is 0 Å². The van der Waals surface area contributed by atoms with Gasteiger partial charge in [0.1, 0.15) is 5.69 Å². The Morgan fingerprint density at radius 1 is 1.28 bits per heavy atom. The molecule has 2 rings (SSSR count). The van der Waals surface area contributed by atoms with Gasteiger partial charge in [-0.05, 0) is 36.4 Å². The van der Waals surface area contributed by atoms with Gasteiger partial charge in [0.15, 0.2) is 0 Å². The largest absolute Gasteiger partial charge is 0.321 e. The number of nitrogens with one attached hydrogen (secondary N) is 1. The second-order valence-corrected chi connectivity index (χ2v) is 4.42. The molecule has 5 heteroatoms. The van der Waals surface area contributed by atoms with Gasteiger partial charge in [0.05, 0.1) is 11.6 Å². The number of hydrogen-bond donors (Lipinski definition) is 1. The van der Waals surface area contributed by atoms with Gasteiger partial charge in [-0.15, -0.1) is 0 Å². The molecule has 0 aliphatic rings. The van der Waals surface area contributed by atoms with E-state index in [-0.39, 0.29) is 11.6 Å². The van der Waals surface area contributed by atoms with Crippen molar-refractivity contribution in [1.82, 2.24) is 4.98 Å². The van der Waals surface area contributed by atoms with Crippen LogP contribution < -0.4 is 5.32 Å². The highest BCUT2D eigenvalue weighted by Gasteiger charge is 2.08. The van der Waals surface area contributed by atoms with E-state index in [1.165, 1.54) is 12.3 Å². The van der Waals surface area contributed by atoms with Crippen LogP contribution in [0.4, 0.5) is 5.69 Å². The van der Waals surface area contributed by atoms with Crippen LogP contribution in [0.1, 0.15) is 16.1 Å². The maximum absolute atomic E-state index is 11.9. The summed E-state index contributed by atoms with van der Waals surface area (Å²) in [5.74, 6) is -0.338. The third-order valence-corrected chi connectivity index (χ3v) is 2.75. The first-order valence-electron chi connectivity index (χ1n) is 5.12. The van der Waals surface area contributed by atoms with Crippen LogP contribution in [-0.2, 0) is 0 Å². The number of amides is 1. The molecule has 0 bridgehead atoms. The van der Waals surface area contributed by atoms with Crippen molar-refractivity contribution >= 4 is 27.5 Å². The molecule has 0 saturated heterocycles. The Labute approximate surface area is 112 Å². The monoisotopic (exact) mass is 301 g/mol. The number of anilines is 1. The predicted molar refractivity (Wildman–Crippen MR) is 71.0 cm³/mol. The minimum Gasteiger partial charge on any atom is -0.321 e. The summed E-state index contributed by atoms with van der Waals surface area (Å²) in [6.07, 6.45) is 1.44. The minimum absolute atomic E-state index is 0.219. The van der Waals surface area contributed by atoms with Crippen LogP contribution in [0.25, 0.3) is 0 Å². The van der Waals surface area contributed by atoms with E-state index in [0.29, 0.717) is 11.3 Å². The van der Waals surface area contributed by atoms with Crippen molar-refractivity contribution in [2.75, 3.05) is 5.32 Å². The SMILES string of the molecule is N#Cc1ccnc(C(=O)Nc2ccc(Br)cc2)c1. The molecule has 0 saturated carbocycles. The minimum atomic E-state index is -0.338. The van der Waals surface area contributed by atoms with Gasteiger partial charge in [0.25, 0.3) is 5.91 Å². The Hall–Kier alpha value is -2.19. The third-order valence-electron chi connectivity index (χ3n) is 2.22.